The van der Waals surface area contributed by atoms with Gasteiger partial charge < -0.3 is 20.4 Å². The summed E-state index contributed by atoms with van der Waals surface area (Å²) in [6.07, 6.45) is 1.09. The van der Waals surface area contributed by atoms with Crippen LogP contribution in [0.2, 0.25) is 0 Å². The van der Waals surface area contributed by atoms with E-state index in [9.17, 15) is 9.18 Å². The molecule has 0 bridgehead atoms. The molecule has 0 spiro atoms. The number of nitrogens with one attached hydrogen (secondary N) is 3. The molecule has 9 nitrogen and oxygen atoms in total. The van der Waals surface area contributed by atoms with Gasteiger partial charge in [-0.05, 0) is 55.6 Å². The van der Waals surface area contributed by atoms with E-state index in [0.717, 1.165) is 43.8 Å². The largest absolute Gasteiger partial charge is 0.369 e. The van der Waals surface area contributed by atoms with E-state index in [0.29, 0.717) is 5.69 Å². The second kappa shape index (κ2) is 9.58. The second-order valence-corrected chi connectivity index (χ2v) is 7.50. The molecule has 4 rings (SSSR count). The van der Waals surface area contributed by atoms with Crippen molar-refractivity contribution in [3.05, 3.63) is 66.1 Å². The van der Waals surface area contributed by atoms with Gasteiger partial charge in [-0.3, -0.25) is 10.0 Å². The van der Waals surface area contributed by atoms with E-state index in [4.69, 9.17) is 5.21 Å². The van der Waals surface area contributed by atoms with Gasteiger partial charge in [0.25, 0.3) is 5.91 Å². The molecule has 1 aliphatic heterocycles. The molecule has 1 amide bonds. The van der Waals surface area contributed by atoms with Gasteiger partial charge in [-0.1, -0.05) is 0 Å². The number of amides is 1. The molecule has 2 aromatic carbocycles. The Bertz CT molecular complexity index is 1070. The second-order valence-electron chi connectivity index (χ2n) is 7.50. The molecule has 1 fully saturated rings. The molecular formula is C22H24FN7O2. The van der Waals surface area contributed by atoms with Crippen molar-refractivity contribution in [2.24, 2.45) is 0 Å². The maximum atomic E-state index is 14.2. The van der Waals surface area contributed by atoms with E-state index >= 15 is 0 Å². The van der Waals surface area contributed by atoms with E-state index in [-0.39, 0.29) is 17.3 Å². The van der Waals surface area contributed by atoms with Crippen LogP contribution in [-0.4, -0.2) is 59.2 Å². The Morgan fingerprint density at radius 1 is 0.969 bits per heavy atom. The molecule has 3 aromatic rings. The predicted octanol–water partition coefficient (Wildman–Crippen LogP) is 2.97. The average Bonchev–Trinajstić information content (AvgIpc) is 2.82. The number of carbonyl (C=O) groups excluding carboxylic acids is 1. The number of halogens is 1. The van der Waals surface area contributed by atoms with Crippen LogP contribution >= 0.6 is 0 Å². The Hall–Kier alpha value is -3.76. The van der Waals surface area contributed by atoms with E-state index in [1.54, 1.807) is 17.6 Å². The summed E-state index contributed by atoms with van der Waals surface area (Å²) in [6.45, 7) is 4.06. The molecular weight excluding hydrogens is 413 g/mol. The third kappa shape index (κ3) is 5.10. The van der Waals surface area contributed by atoms with Crippen LogP contribution in [0, 0.1) is 5.82 Å². The minimum absolute atomic E-state index is 0.00378. The van der Waals surface area contributed by atoms with Gasteiger partial charge in [0.2, 0.25) is 5.95 Å². The summed E-state index contributed by atoms with van der Waals surface area (Å²) in [7, 11) is 2.13. The zero-order valence-electron chi connectivity index (χ0n) is 17.5. The van der Waals surface area contributed by atoms with Crippen LogP contribution in [-0.2, 0) is 0 Å². The first-order valence-electron chi connectivity index (χ1n) is 10.2. The first kappa shape index (κ1) is 21.5. The number of hydrogen-bond acceptors (Lipinski definition) is 8. The molecule has 0 saturated carbocycles. The van der Waals surface area contributed by atoms with Crippen LogP contribution in [0.5, 0.6) is 0 Å². The number of benzene rings is 2. The van der Waals surface area contributed by atoms with E-state index in [2.05, 4.69) is 37.4 Å². The lowest BCUT2D eigenvalue weighted by Crippen LogP contribution is -2.44. The smallest absolute Gasteiger partial charge is 0.274 e. The quantitative estimate of drug-likeness (QED) is 0.345. The summed E-state index contributed by atoms with van der Waals surface area (Å²) in [6, 6.07) is 14.1. The van der Waals surface area contributed by atoms with Crippen LogP contribution < -0.4 is 21.0 Å². The Kier molecular flexibility index (Phi) is 6.43. The lowest BCUT2D eigenvalue weighted by Gasteiger charge is -2.34. The van der Waals surface area contributed by atoms with Gasteiger partial charge in [-0.25, -0.2) is 14.9 Å². The van der Waals surface area contributed by atoms with Crippen molar-refractivity contribution in [3.63, 3.8) is 0 Å². The summed E-state index contributed by atoms with van der Waals surface area (Å²) < 4.78 is 14.2. The number of hydroxylamine groups is 1. The molecule has 0 atom stereocenters. The molecule has 0 radical (unpaired) electrons. The highest BCUT2D eigenvalue weighted by molar-refractivity contribution is 5.93. The first-order valence-corrected chi connectivity index (χ1v) is 10.2. The van der Waals surface area contributed by atoms with E-state index in [1.165, 1.54) is 12.1 Å². The van der Waals surface area contributed by atoms with Gasteiger partial charge in [0.1, 0.15) is 0 Å². The molecule has 32 heavy (non-hydrogen) atoms. The molecule has 0 aliphatic carbocycles. The van der Waals surface area contributed by atoms with Crippen LogP contribution in [0.3, 0.4) is 0 Å². The molecule has 2 heterocycles. The van der Waals surface area contributed by atoms with Gasteiger partial charge in [-0.2, -0.15) is 4.98 Å². The highest BCUT2D eigenvalue weighted by Gasteiger charge is 2.14. The number of anilines is 5. The number of likely N-dealkylation sites (N-methyl/N-ethyl adjacent to an activating group) is 1. The van der Waals surface area contributed by atoms with Gasteiger partial charge in [0.05, 0.1) is 6.20 Å². The Balaban J connectivity index is 1.43. The summed E-state index contributed by atoms with van der Waals surface area (Å²) in [5.41, 5.74) is 4.30. The lowest BCUT2D eigenvalue weighted by atomic mass is 10.2. The molecule has 0 unspecified atom stereocenters. The molecule has 1 aromatic heterocycles. The van der Waals surface area contributed by atoms with Crippen LogP contribution in [0.15, 0.2) is 54.7 Å². The number of piperazine rings is 1. The Morgan fingerprint density at radius 2 is 1.59 bits per heavy atom. The van der Waals surface area contributed by atoms with Crippen molar-refractivity contribution in [1.82, 2.24) is 20.3 Å². The molecule has 10 heteroatoms. The van der Waals surface area contributed by atoms with Gasteiger partial charge in [-0.15, -0.1) is 0 Å². The molecule has 166 valence electrons. The fourth-order valence-electron chi connectivity index (χ4n) is 3.37. The summed E-state index contributed by atoms with van der Waals surface area (Å²) in [5, 5.41) is 14.6. The fraction of sp³-hybridized carbons (Fsp3) is 0.227. The number of rotatable bonds is 6. The van der Waals surface area contributed by atoms with Gasteiger partial charge >= 0.3 is 0 Å². The monoisotopic (exact) mass is 437 g/mol. The predicted molar refractivity (Wildman–Crippen MR) is 120 cm³/mol. The van der Waals surface area contributed by atoms with Gasteiger partial charge in [0.15, 0.2) is 11.6 Å². The van der Waals surface area contributed by atoms with E-state index < -0.39 is 11.7 Å². The normalized spacial score (nSPS) is 14.2. The summed E-state index contributed by atoms with van der Waals surface area (Å²) in [5.74, 6) is -0.999. The van der Waals surface area contributed by atoms with Crippen LogP contribution in [0.1, 0.15) is 10.4 Å². The average molecular weight is 437 g/mol. The van der Waals surface area contributed by atoms with Crippen molar-refractivity contribution in [1.29, 1.82) is 0 Å². The molecule has 4 N–H and O–H groups in total. The minimum Gasteiger partial charge on any atom is -0.369 e. The topological polar surface area (TPSA) is 106 Å². The maximum absolute atomic E-state index is 14.2. The zero-order chi connectivity index (χ0) is 22.5. The maximum Gasteiger partial charge on any atom is 0.274 e. The SMILES string of the molecule is CN1CCN(c2ccc(Nc3ncc(F)c(Nc4ccc(C(=O)NO)cc4)n3)cc2)CC1. The van der Waals surface area contributed by atoms with Crippen molar-refractivity contribution in [3.8, 4) is 0 Å². The standard InChI is InChI=1S/C22H24FN7O2/c1-29-10-12-30(13-11-29)18-8-6-17(7-9-18)26-22-24-14-19(23)20(27-22)25-16-4-2-15(3-5-16)21(31)28-32/h2-9,14,32H,10-13H2,1H3,(H,28,31)(H2,24,25,26,27). The number of hydrogen-bond donors (Lipinski definition) is 4. The minimum atomic E-state index is -0.630. The first-order chi connectivity index (χ1) is 15.5. The van der Waals surface area contributed by atoms with Crippen LogP contribution in [0.4, 0.5) is 33.2 Å². The fourth-order valence-corrected chi connectivity index (χ4v) is 3.37. The number of carbonyl (C=O) groups is 1. The number of aromatic nitrogens is 2. The third-order valence-electron chi connectivity index (χ3n) is 5.25. The van der Waals surface area contributed by atoms with Gasteiger partial charge in [0, 0.05) is 48.8 Å². The highest BCUT2D eigenvalue weighted by Crippen LogP contribution is 2.23. The Labute approximate surface area is 184 Å². The zero-order valence-corrected chi connectivity index (χ0v) is 17.5. The molecule has 1 saturated heterocycles. The van der Waals surface area contributed by atoms with Crippen molar-refractivity contribution < 1.29 is 14.4 Å². The molecule has 1 aliphatic rings. The Morgan fingerprint density at radius 3 is 2.25 bits per heavy atom. The van der Waals surface area contributed by atoms with Crippen LogP contribution in [0.25, 0.3) is 0 Å². The summed E-state index contributed by atoms with van der Waals surface area (Å²) >= 11 is 0. The summed E-state index contributed by atoms with van der Waals surface area (Å²) in [4.78, 5) is 24.3. The van der Waals surface area contributed by atoms with E-state index in [1.807, 2.05) is 24.3 Å². The highest BCUT2D eigenvalue weighted by atomic mass is 19.1. The number of nitrogens with zero attached hydrogens (tertiary/aromatic N) is 4. The lowest BCUT2D eigenvalue weighted by molar-refractivity contribution is 0.0706. The van der Waals surface area contributed by atoms with Crippen molar-refractivity contribution >= 4 is 34.7 Å². The van der Waals surface area contributed by atoms with Crippen molar-refractivity contribution in [2.45, 2.75) is 0 Å². The third-order valence-corrected chi connectivity index (χ3v) is 5.25. The van der Waals surface area contributed by atoms with Crippen molar-refractivity contribution in [2.75, 3.05) is 48.8 Å².